The van der Waals surface area contributed by atoms with Gasteiger partial charge >= 0.3 is 5.97 Å². The summed E-state index contributed by atoms with van der Waals surface area (Å²) in [5.74, 6) is 1.57. The molecule has 2 nitrogen and oxygen atoms in total. The van der Waals surface area contributed by atoms with Crippen molar-refractivity contribution >= 4 is 5.97 Å². The van der Waals surface area contributed by atoms with Gasteiger partial charge in [-0.2, -0.15) is 0 Å². The van der Waals surface area contributed by atoms with Crippen LogP contribution >= 0.6 is 0 Å². The summed E-state index contributed by atoms with van der Waals surface area (Å²) in [5.41, 5.74) is 6.78. The maximum Gasteiger partial charge on any atom is 0.314 e. The Labute approximate surface area is 182 Å². The molecule has 2 aliphatic rings. The molecule has 2 aromatic rings. The standard InChI is InChI=1S/C28H36O2/c1-3-5-6-8-21-11-15-26-23(17-21)18-24-19-25(14-16-27(24)26)30-28(29)22-12-9-20(7-4-2)10-13-22/h11,14-17,19-20,22H,3-10,12-13,18H2,1-2H3. The molecule has 0 aliphatic heterocycles. The van der Waals surface area contributed by atoms with Crippen LogP contribution in [0.2, 0.25) is 0 Å². The van der Waals surface area contributed by atoms with Gasteiger partial charge in [0.2, 0.25) is 0 Å². The summed E-state index contributed by atoms with van der Waals surface area (Å²) in [5, 5.41) is 0. The van der Waals surface area contributed by atoms with Gasteiger partial charge in [0.1, 0.15) is 5.75 Å². The first-order valence-electron chi connectivity index (χ1n) is 12.1. The zero-order valence-corrected chi connectivity index (χ0v) is 18.7. The largest absolute Gasteiger partial charge is 0.426 e. The van der Waals surface area contributed by atoms with Gasteiger partial charge < -0.3 is 4.74 Å². The van der Waals surface area contributed by atoms with Gasteiger partial charge in [-0.1, -0.05) is 63.8 Å². The predicted molar refractivity (Wildman–Crippen MR) is 124 cm³/mol. The number of benzene rings is 2. The molecule has 0 aromatic heterocycles. The van der Waals surface area contributed by atoms with Gasteiger partial charge in [0, 0.05) is 0 Å². The van der Waals surface area contributed by atoms with Crippen molar-refractivity contribution in [2.45, 2.75) is 84.5 Å². The van der Waals surface area contributed by atoms with E-state index in [0.29, 0.717) is 5.75 Å². The Balaban J connectivity index is 1.38. The summed E-state index contributed by atoms with van der Waals surface area (Å²) in [6.07, 6.45) is 12.8. The Morgan fingerprint density at radius 1 is 0.900 bits per heavy atom. The van der Waals surface area contributed by atoms with Crippen molar-refractivity contribution in [3.63, 3.8) is 0 Å². The smallest absolute Gasteiger partial charge is 0.314 e. The quantitative estimate of drug-likeness (QED) is 0.221. The van der Waals surface area contributed by atoms with E-state index in [1.54, 1.807) is 0 Å². The van der Waals surface area contributed by atoms with Gasteiger partial charge in [0.25, 0.3) is 0 Å². The van der Waals surface area contributed by atoms with E-state index in [-0.39, 0.29) is 11.9 Å². The molecule has 0 saturated heterocycles. The minimum atomic E-state index is -0.0291. The zero-order valence-electron chi connectivity index (χ0n) is 18.7. The molecule has 0 heterocycles. The molecule has 1 fully saturated rings. The van der Waals surface area contributed by atoms with E-state index >= 15 is 0 Å². The van der Waals surface area contributed by atoms with Gasteiger partial charge in [0.15, 0.2) is 0 Å². The van der Waals surface area contributed by atoms with Crippen molar-refractivity contribution in [2.75, 3.05) is 0 Å². The first kappa shape index (κ1) is 21.2. The van der Waals surface area contributed by atoms with E-state index in [9.17, 15) is 4.79 Å². The Morgan fingerprint density at radius 3 is 2.37 bits per heavy atom. The molecule has 160 valence electrons. The summed E-state index contributed by atoms with van der Waals surface area (Å²) in [6, 6.07) is 13.1. The van der Waals surface area contributed by atoms with Crippen molar-refractivity contribution in [2.24, 2.45) is 11.8 Å². The van der Waals surface area contributed by atoms with Crippen molar-refractivity contribution in [3.8, 4) is 16.9 Å². The Morgan fingerprint density at radius 2 is 1.63 bits per heavy atom. The maximum atomic E-state index is 12.7. The Bertz CT molecular complexity index is 874. The lowest BCUT2D eigenvalue weighted by Gasteiger charge is -2.26. The van der Waals surface area contributed by atoms with Crippen LogP contribution in [0, 0.1) is 11.8 Å². The van der Waals surface area contributed by atoms with Crippen LogP contribution in [0.3, 0.4) is 0 Å². The molecule has 0 amide bonds. The molecule has 0 spiro atoms. The van der Waals surface area contributed by atoms with E-state index in [4.69, 9.17) is 4.74 Å². The van der Waals surface area contributed by atoms with Crippen LogP contribution in [0.15, 0.2) is 36.4 Å². The average Bonchev–Trinajstić information content (AvgIpc) is 3.11. The number of ether oxygens (including phenoxy) is 1. The Hall–Kier alpha value is -2.09. The number of carbonyl (C=O) groups is 1. The van der Waals surface area contributed by atoms with Crippen molar-refractivity contribution in [1.82, 2.24) is 0 Å². The van der Waals surface area contributed by atoms with Crippen molar-refractivity contribution in [1.29, 1.82) is 0 Å². The molecular formula is C28H36O2. The molecule has 4 rings (SSSR count). The first-order valence-corrected chi connectivity index (χ1v) is 12.1. The highest BCUT2D eigenvalue weighted by Gasteiger charge is 2.28. The minimum absolute atomic E-state index is 0.0291. The third kappa shape index (κ3) is 4.79. The third-order valence-corrected chi connectivity index (χ3v) is 7.08. The fourth-order valence-corrected chi connectivity index (χ4v) is 5.33. The monoisotopic (exact) mass is 404 g/mol. The fraction of sp³-hybridized carbons (Fsp3) is 0.536. The van der Waals surface area contributed by atoms with Gasteiger partial charge in [-0.05, 0) is 90.8 Å². The molecule has 0 radical (unpaired) electrons. The van der Waals surface area contributed by atoms with Crippen LogP contribution in [0.1, 0.15) is 88.3 Å². The summed E-state index contributed by atoms with van der Waals surface area (Å²) >= 11 is 0. The molecule has 2 heteroatoms. The SMILES string of the molecule is CCCCCc1ccc2c(c1)Cc1cc(OC(=O)C3CCC(CCC)CC3)ccc1-2. The third-order valence-electron chi connectivity index (χ3n) is 7.08. The second-order valence-electron chi connectivity index (χ2n) is 9.37. The maximum absolute atomic E-state index is 12.7. The second-order valence-corrected chi connectivity index (χ2v) is 9.37. The normalized spacial score (nSPS) is 19.9. The van der Waals surface area contributed by atoms with E-state index in [1.807, 2.05) is 6.07 Å². The zero-order chi connectivity index (χ0) is 20.9. The van der Waals surface area contributed by atoms with Crippen LogP contribution in [-0.2, 0) is 17.6 Å². The van der Waals surface area contributed by atoms with Crippen molar-refractivity contribution < 1.29 is 9.53 Å². The number of unbranched alkanes of at least 4 members (excludes halogenated alkanes) is 2. The number of esters is 1. The molecule has 0 unspecified atom stereocenters. The summed E-state index contributed by atoms with van der Waals surface area (Å²) in [7, 11) is 0. The van der Waals surface area contributed by atoms with Crippen LogP contribution in [0.5, 0.6) is 5.75 Å². The van der Waals surface area contributed by atoms with Gasteiger partial charge in [0.05, 0.1) is 5.92 Å². The highest BCUT2D eigenvalue weighted by molar-refractivity contribution is 5.79. The van der Waals surface area contributed by atoms with E-state index < -0.39 is 0 Å². The number of fused-ring (bicyclic) bond motifs is 3. The molecule has 1 saturated carbocycles. The van der Waals surface area contributed by atoms with Crippen LogP contribution in [0.4, 0.5) is 0 Å². The number of aryl methyl sites for hydroxylation is 1. The fourth-order valence-electron chi connectivity index (χ4n) is 5.33. The van der Waals surface area contributed by atoms with Crippen LogP contribution in [-0.4, -0.2) is 5.97 Å². The molecule has 0 atom stereocenters. The number of hydrogen-bond donors (Lipinski definition) is 0. The number of hydrogen-bond acceptors (Lipinski definition) is 2. The van der Waals surface area contributed by atoms with Crippen LogP contribution < -0.4 is 4.74 Å². The highest BCUT2D eigenvalue weighted by atomic mass is 16.5. The van der Waals surface area contributed by atoms with E-state index in [2.05, 4.69) is 44.2 Å². The second kappa shape index (κ2) is 9.81. The van der Waals surface area contributed by atoms with E-state index in [0.717, 1.165) is 25.2 Å². The van der Waals surface area contributed by atoms with Gasteiger partial charge in [-0.15, -0.1) is 0 Å². The lowest BCUT2D eigenvalue weighted by Crippen LogP contribution is -2.25. The highest BCUT2D eigenvalue weighted by Crippen LogP contribution is 2.39. The molecular weight excluding hydrogens is 368 g/mol. The number of carbonyl (C=O) groups excluding carboxylic acids is 1. The predicted octanol–water partition coefficient (Wildman–Crippen LogP) is 7.50. The molecule has 30 heavy (non-hydrogen) atoms. The molecule has 2 aromatic carbocycles. The molecule has 0 bridgehead atoms. The summed E-state index contributed by atoms with van der Waals surface area (Å²) < 4.78 is 5.82. The Kier molecular flexibility index (Phi) is 6.92. The number of rotatable bonds is 8. The molecule has 2 aliphatic carbocycles. The lowest BCUT2D eigenvalue weighted by molar-refractivity contribution is -0.140. The first-order chi connectivity index (χ1) is 14.7. The van der Waals surface area contributed by atoms with Gasteiger partial charge in [-0.25, -0.2) is 0 Å². The lowest BCUT2D eigenvalue weighted by atomic mass is 9.80. The van der Waals surface area contributed by atoms with Crippen LogP contribution in [0.25, 0.3) is 11.1 Å². The topological polar surface area (TPSA) is 26.3 Å². The summed E-state index contributed by atoms with van der Waals surface area (Å²) in [6.45, 7) is 4.50. The van der Waals surface area contributed by atoms with E-state index in [1.165, 1.54) is 79.2 Å². The van der Waals surface area contributed by atoms with Gasteiger partial charge in [-0.3, -0.25) is 4.79 Å². The average molecular weight is 405 g/mol. The minimum Gasteiger partial charge on any atom is -0.426 e. The molecule has 0 N–H and O–H groups in total. The van der Waals surface area contributed by atoms with Crippen molar-refractivity contribution in [3.05, 3.63) is 53.1 Å². The summed E-state index contributed by atoms with van der Waals surface area (Å²) in [4.78, 5) is 12.7.